The number of aryl methyl sites for hydroxylation is 1. The van der Waals surface area contributed by atoms with Gasteiger partial charge in [-0.1, -0.05) is 27.6 Å². The zero-order valence-corrected chi connectivity index (χ0v) is 9.06. The fraction of sp³-hybridized carbons (Fsp3) is 0.300. The van der Waals surface area contributed by atoms with Gasteiger partial charge in [0.25, 0.3) is 0 Å². The van der Waals surface area contributed by atoms with Gasteiger partial charge in [-0.05, 0) is 26.0 Å². The molecule has 3 heteroatoms. The van der Waals surface area contributed by atoms with E-state index in [0.717, 1.165) is 5.56 Å². The summed E-state index contributed by atoms with van der Waals surface area (Å²) < 4.78 is 13.1. The number of hydrogen-bond donors (Lipinski definition) is 0. The lowest BCUT2D eigenvalue weighted by atomic mass is 10.1. The van der Waals surface area contributed by atoms with Crippen LogP contribution in [0, 0.1) is 12.7 Å². The van der Waals surface area contributed by atoms with Gasteiger partial charge in [0.2, 0.25) is 0 Å². The first-order chi connectivity index (χ1) is 6.02. The quantitative estimate of drug-likeness (QED) is 0.578. The van der Waals surface area contributed by atoms with Gasteiger partial charge < -0.3 is 0 Å². The van der Waals surface area contributed by atoms with Crippen LogP contribution in [0.2, 0.25) is 0 Å². The third-order valence-corrected chi connectivity index (χ3v) is 2.16. The first kappa shape index (κ1) is 10.4. The molecule has 1 atom stereocenters. The number of rotatable bonds is 2. The van der Waals surface area contributed by atoms with Gasteiger partial charge in [-0.25, -0.2) is 4.39 Å². The van der Waals surface area contributed by atoms with E-state index < -0.39 is 5.82 Å². The van der Waals surface area contributed by atoms with Crippen LogP contribution in [0.4, 0.5) is 4.39 Å². The average Bonchev–Trinajstić information content (AvgIpc) is 2.08. The summed E-state index contributed by atoms with van der Waals surface area (Å²) in [6.07, 6.45) is 0. The Hall–Kier alpha value is -0.700. The Labute approximate surface area is 85.1 Å². The van der Waals surface area contributed by atoms with Crippen LogP contribution in [0.3, 0.4) is 0 Å². The van der Waals surface area contributed by atoms with Gasteiger partial charge in [0.15, 0.2) is 5.78 Å². The summed E-state index contributed by atoms with van der Waals surface area (Å²) >= 11 is 3.12. The molecule has 0 aromatic heterocycles. The SMILES string of the molecule is Cc1ccc(F)c(C(=O)C(C)Br)c1. The molecule has 0 aliphatic rings. The minimum Gasteiger partial charge on any atom is -0.293 e. The molecule has 13 heavy (non-hydrogen) atoms. The van der Waals surface area contributed by atoms with Crippen LogP contribution < -0.4 is 0 Å². The van der Waals surface area contributed by atoms with Gasteiger partial charge >= 0.3 is 0 Å². The molecule has 70 valence electrons. The van der Waals surface area contributed by atoms with Crippen LogP contribution in [0.5, 0.6) is 0 Å². The smallest absolute Gasteiger partial charge is 0.179 e. The van der Waals surface area contributed by atoms with E-state index in [9.17, 15) is 9.18 Å². The van der Waals surface area contributed by atoms with Crippen LogP contribution in [-0.4, -0.2) is 10.6 Å². The fourth-order valence-electron chi connectivity index (χ4n) is 1.04. The highest BCUT2D eigenvalue weighted by atomic mass is 79.9. The lowest BCUT2D eigenvalue weighted by Gasteiger charge is -2.04. The Morgan fingerprint density at radius 2 is 2.15 bits per heavy atom. The van der Waals surface area contributed by atoms with Crippen molar-refractivity contribution >= 4 is 21.7 Å². The standard InChI is InChI=1S/C10H10BrFO/c1-6-3-4-9(12)8(5-6)10(13)7(2)11/h3-5,7H,1-2H3. The van der Waals surface area contributed by atoms with E-state index in [2.05, 4.69) is 15.9 Å². The second kappa shape index (κ2) is 4.01. The molecule has 0 bridgehead atoms. The van der Waals surface area contributed by atoms with Crippen molar-refractivity contribution in [3.8, 4) is 0 Å². The Morgan fingerprint density at radius 1 is 1.54 bits per heavy atom. The van der Waals surface area contributed by atoms with E-state index in [1.807, 2.05) is 6.92 Å². The predicted octanol–water partition coefficient (Wildman–Crippen LogP) is 3.10. The van der Waals surface area contributed by atoms with E-state index in [1.54, 1.807) is 19.1 Å². The first-order valence-corrected chi connectivity index (χ1v) is 4.88. The molecule has 0 N–H and O–H groups in total. The number of alkyl halides is 1. The largest absolute Gasteiger partial charge is 0.293 e. The molecule has 0 spiro atoms. The summed E-state index contributed by atoms with van der Waals surface area (Å²) in [5.74, 6) is -0.678. The molecule has 0 saturated carbocycles. The summed E-state index contributed by atoms with van der Waals surface area (Å²) in [7, 11) is 0. The van der Waals surface area contributed by atoms with Gasteiger partial charge in [0.05, 0.1) is 10.4 Å². The molecular weight excluding hydrogens is 235 g/mol. The predicted molar refractivity (Wildman–Crippen MR) is 53.9 cm³/mol. The second-order valence-corrected chi connectivity index (χ2v) is 4.34. The molecule has 1 aromatic rings. The summed E-state index contributed by atoms with van der Waals surface area (Å²) in [6, 6.07) is 4.53. The van der Waals surface area contributed by atoms with E-state index >= 15 is 0 Å². The number of hydrogen-bond acceptors (Lipinski definition) is 1. The Kier molecular flexibility index (Phi) is 3.20. The number of ketones is 1. The summed E-state index contributed by atoms with van der Waals surface area (Å²) in [4.78, 5) is 11.1. The van der Waals surface area contributed by atoms with Crippen molar-refractivity contribution < 1.29 is 9.18 Å². The highest BCUT2D eigenvalue weighted by Crippen LogP contribution is 2.15. The lowest BCUT2D eigenvalue weighted by molar-refractivity contribution is 0.0992. The third-order valence-electron chi connectivity index (χ3n) is 1.75. The molecule has 1 unspecified atom stereocenters. The summed E-state index contributed by atoms with van der Waals surface area (Å²) in [5, 5.41) is 0. The van der Waals surface area contributed by atoms with Gasteiger partial charge in [-0.3, -0.25) is 4.79 Å². The van der Waals surface area contributed by atoms with Crippen molar-refractivity contribution in [2.24, 2.45) is 0 Å². The topological polar surface area (TPSA) is 17.1 Å². The maximum atomic E-state index is 13.1. The zero-order chi connectivity index (χ0) is 10.0. The second-order valence-electron chi connectivity index (χ2n) is 2.96. The van der Waals surface area contributed by atoms with E-state index in [4.69, 9.17) is 0 Å². The Bertz CT molecular complexity index is 334. The van der Waals surface area contributed by atoms with E-state index in [-0.39, 0.29) is 16.2 Å². The number of benzene rings is 1. The fourth-order valence-corrected chi connectivity index (χ4v) is 1.29. The number of halogens is 2. The maximum Gasteiger partial charge on any atom is 0.179 e. The molecular formula is C10H10BrFO. The molecule has 0 saturated heterocycles. The Morgan fingerprint density at radius 3 is 2.69 bits per heavy atom. The minimum absolute atomic E-state index is 0.157. The van der Waals surface area contributed by atoms with Crippen LogP contribution >= 0.6 is 15.9 Å². The van der Waals surface area contributed by atoms with Crippen molar-refractivity contribution in [2.45, 2.75) is 18.7 Å². The third kappa shape index (κ3) is 2.37. The average molecular weight is 245 g/mol. The van der Waals surface area contributed by atoms with Gasteiger partial charge in [0, 0.05) is 0 Å². The maximum absolute atomic E-state index is 13.1. The van der Waals surface area contributed by atoms with Crippen molar-refractivity contribution in [1.82, 2.24) is 0 Å². The monoisotopic (exact) mass is 244 g/mol. The molecule has 1 nitrogen and oxygen atoms in total. The van der Waals surface area contributed by atoms with E-state index in [0.29, 0.717) is 0 Å². The first-order valence-electron chi connectivity index (χ1n) is 3.97. The molecule has 0 aliphatic heterocycles. The van der Waals surface area contributed by atoms with Gasteiger partial charge in [-0.15, -0.1) is 0 Å². The lowest BCUT2D eigenvalue weighted by Crippen LogP contribution is -2.12. The molecule has 0 radical (unpaired) electrons. The molecule has 1 rings (SSSR count). The highest BCUT2D eigenvalue weighted by Gasteiger charge is 2.15. The van der Waals surface area contributed by atoms with Crippen LogP contribution in [0.1, 0.15) is 22.8 Å². The molecule has 0 heterocycles. The summed E-state index contributed by atoms with van der Waals surface area (Å²) in [6.45, 7) is 3.51. The number of carbonyl (C=O) groups is 1. The van der Waals surface area contributed by atoms with Crippen molar-refractivity contribution in [1.29, 1.82) is 0 Å². The minimum atomic E-state index is -0.457. The van der Waals surface area contributed by atoms with Crippen LogP contribution in [-0.2, 0) is 0 Å². The van der Waals surface area contributed by atoms with Crippen LogP contribution in [0.25, 0.3) is 0 Å². The zero-order valence-electron chi connectivity index (χ0n) is 7.47. The van der Waals surface area contributed by atoms with Crippen LogP contribution in [0.15, 0.2) is 18.2 Å². The van der Waals surface area contributed by atoms with Crippen molar-refractivity contribution in [3.63, 3.8) is 0 Å². The number of Topliss-reactive ketones (excluding diaryl/α,β-unsaturated/α-hetero) is 1. The van der Waals surface area contributed by atoms with Crippen molar-refractivity contribution in [3.05, 3.63) is 35.1 Å². The number of carbonyl (C=O) groups excluding carboxylic acids is 1. The highest BCUT2D eigenvalue weighted by molar-refractivity contribution is 9.10. The van der Waals surface area contributed by atoms with Gasteiger partial charge in [0.1, 0.15) is 5.82 Å². The molecule has 0 fully saturated rings. The Balaban J connectivity index is 3.13. The molecule has 1 aromatic carbocycles. The van der Waals surface area contributed by atoms with E-state index in [1.165, 1.54) is 6.07 Å². The normalized spacial score (nSPS) is 12.6. The summed E-state index contributed by atoms with van der Waals surface area (Å²) in [5.41, 5.74) is 1.04. The van der Waals surface area contributed by atoms with Gasteiger partial charge in [-0.2, -0.15) is 0 Å². The van der Waals surface area contributed by atoms with Crippen molar-refractivity contribution in [2.75, 3.05) is 0 Å². The molecule has 0 aliphatic carbocycles. The molecule has 0 amide bonds.